The molecule has 0 saturated heterocycles. The lowest BCUT2D eigenvalue weighted by Crippen LogP contribution is -2.13. The van der Waals surface area contributed by atoms with Crippen LogP contribution in [0.25, 0.3) is 10.9 Å². The summed E-state index contributed by atoms with van der Waals surface area (Å²) in [5.74, 6) is -0.332. The van der Waals surface area contributed by atoms with Gasteiger partial charge in [0.2, 0.25) is 0 Å². The van der Waals surface area contributed by atoms with E-state index in [1.807, 2.05) is 31.2 Å². The molecule has 3 rings (SSSR count). The molecule has 1 amide bonds. The maximum atomic E-state index is 11.8. The minimum atomic E-state index is -0.466. The van der Waals surface area contributed by atoms with E-state index >= 15 is 0 Å². The summed E-state index contributed by atoms with van der Waals surface area (Å²) in [6, 6.07) is 15.3. The van der Waals surface area contributed by atoms with Crippen LogP contribution in [0.5, 0.6) is 5.75 Å². The molecule has 1 heterocycles. The smallest absolute Gasteiger partial charge is 0.251 e. The molecule has 1 aromatic heterocycles. The number of aryl methyl sites for hydroxylation is 2. The molecule has 0 fully saturated rings. The van der Waals surface area contributed by atoms with E-state index < -0.39 is 5.91 Å². The van der Waals surface area contributed by atoms with Gasteiger partial charge in [-0.05, 0) is 37.1 Å². The lowest BCUT2D eigenvalue weighted by atomic mass is 10.1. The number of primary amides is 1. The van der Waals surface area contributed by atoms with Gasteiger partial charge in [0.15, 0.2) is 0 Å². The van der Waals surface area contributed by atoms with Crippen molar-refractivity contribution in [2.24, 2.45) is 5.73 Å². The Kier molecular flexibility index (Phi) is 3.59. The number of nitrogens with zero attached hydrogens (tertiary/aromatic N) is 1. The molecule has 0 atom stereocenters. The fourth-order valence-electron chi connectivity index (χ4n) is 2.95. The van der Waals surface area contributed by atoms with Crippen LogP contribution in [0.3, 0.4) is 0 Å². The Bertz CT molecular complexity index is 835. The highest BCUT2D eigenvalue weighted by atomic mass is 16.3. The minimum Gasteiger partial charge on any atom is -0.508 e. The number of hydrogen-bond donors (Lipinski definition) is 2. The van der Waals surface area contributed by atoms with Gasteiger partial charge in [0.25, 0.3) is 5.91 Å². The average molecular weight is 294 g/mol. The molecule has 0 saturated carbocycles. The Morgan fingerprint density at radius 3 is 2.59 bits per heavy atom. The predicted molar refractivity (Wildman–Crippen MR) is 87.0 cm³/mol. The van der Waals surface area contributed by atoms with Gasteiger partial charge in [0.05, 0.1) is 5.56 Å². The third-order valence-corrected chi connectivity index (χ3v) is 4.02. The highest BCUT2D eigenvalue weighted by Crippen LogP contribution is 2.29. The fraction of sp³-hybridized carbons (Fsp3) is 0.167. The number of hydrogen-bond acceptors (Lipinski definition) is 2. The number of rotatable bonds is 4. The van der Waals surface area contributed by atoms with Crippen molar-refractivity contribution in [3.8, 4) is 5.75 Å². The predicted octanol–water partition coefficient (Wildman–Crippen LogP) is 3.00. The Hall–Kier alpha value is -2.75. The van der Waals surface area contributed by atoms with E-state index in [0.717, 1.165) is 24.2 Å². The molecule has 0 unspecified atom stereocenters. The maximum absolute atomic E-state index is 11.8. The van der Waals surface area contributed by atoms with Crippen LogP contribution >= 0.6 is 0 Å². The topological polar surface area (TPSA) is 68.2 Å². The molecule has 3 aromatic rings. The van der Waals surface area contributed by atoms with Crippen LogP contribution in [-0.2, 0) is 13.0 Å². The van der Waals surface area contributed by atoms with Crippen molar-refractivity contribution in [1.82, 2.24) is 4.57 Å². The van der Waals surface area contributed by atoms with Gasteiger partial charge in [-0.1, -0.05) is 30.3 Å². The molecule has 0 radical (unpaired) electrons. The number of carbonyl (C=O) groups excluding carboxylic acids is 1. The molecule has 4 nitrogen and oxygen atoms in total. The molecule has 3 N–H and O–H groups in total. The fourth-order valence-corrected chi connectivity index (χ4v) is 2.95. The Balaban J connectivity index is 2.05. The molecular weight excluding hydrogens is 276 g/mol. The van der Waals surface area contributed by atoms with Crippen LogP contribution in [0, 0.1) is 6.92 Å². The van der Waals surface area contributed by atoms with E-state index in [1.165, 1.54) is 5.56 Å². The SMILES string of the molecule is Cc1c(C(N)=O)c2cc(O)ccc2n1CCc1ccccc1. The lowest BCUT2D eigenvalue weighted by molar-refractivity contribution is 0.100. The van der Waals surface area contributed by atoms with Gasteiger partial charge >= 0.3 is 0 Å². The zero-order valence-electron chi connectivity index (χ0n) is 12.4. The van der Waals surface area contributed by atoms with Crippen LogP contribution < -0.4 is 5.73 Å². The number of aromatic hydroxyl groups is 1. The van der Waals surface area contributed by atoms with E-state index in [9.17, 15) is 9.90 Å². The van der Waals surface area contributed by atoms with Crippen molar-refractivity contribution in [3.63, 3.8) is 0 Å². The van der Waals surface area contributed by atoms with E-state index in [0.29, 0.717) is 10.9 Å². The molecule has 112 valence electrons. The van der Waals surface area contributed by atoms with Gasteiger partial charge in [-0.2, -0.15) is 0 Å². The number of phenolic OH excluding ortho intramolecular Hbond substituents is 1. The Labute approximate surface area is 128 Å². The number of nitrogens with two attached hydrogens (primary N) is 1. The number of phenols is 1. The molecule has 0 aliphatic heterocycles. The first-order valence-corrected chi connectivity index (χ1v) is 7.23. The Morgan fingerprint density at radius 2 is 1.91 bits per heavy atom. The van der Waals surface area contributed by atoms with Gasteiger partial charge in [0.1, 0.15) is 5.75 Å². The standard InChI is InChI=1S/C18H18N2O2/c1-12-17(18(19)22)15-11-14(21)7-8-16(15)20(12)10-9-13-5-3-2-4-6-13/h2-8,11,21H,9-10H2,1H3,(H2,19,22). The second-order valence-electron chi connectivity index (χ2n) is 5.41. The summed E-state index contributed by atoms with van der Waals surface area (Å²) in [7, 11) is 0. The summed E-state index contributed by atoms with van der Waals surface area (Å²) in [5.41, 5.74) is 9.00. The number of aromatic nitrogens is 1. The van der Waals surface area contributed by atoms with Crippen molar-refractivity contribution in [2.75, 3.05) is 0 Å². The van der Waals surface area contributed by atoms with Gasteiger partial charge in [-0.3, -0.25) is 4.79 Å². The summed E-state index contributed by atoms with van der Waals surface area (Å²) in [5, 5.41) is 10.4. The van der Waals surface area contributed by atoms with E-state index in [4.69, 9.17) is 5.73 Å². The maximum Gasteiger partial charge on any atom is 0.251 e. The quantitative estimate of drug-likeness (QED) is 0.776. The second kappa shape index (κ2) is 5.56. The van der Waals surface area contributed by atoms with Crippen molar-refractivity contribution in [1.29, 1.82) is 0 Å². The van der Waals surface area contributed by atoms with Crippen LogP contribution in [0.15, 0.2) is 48.5 Å². The van der Waals surface area contributed by atoms with Gasteiger partial charge in [-0.25, -0.2) is 0 Å². The monoisotopic (exact) mass is 294 g/mol. The van der Waals surface area contributed by atoms with Crippen molar-refractivity contribution < 1.29 is 9.90 Å². The third-order valence-electron chi connectivity index (χ3n) is 4.02. The summed E-state index contributed by atoms with van der Waals surface area (Å²) in [6.45, 7) is 2.65. The zero-order valence-corrected chi connectivity index (χ0v) is 12.4. The van der Waals surface area contributed by atoms with Crippen LogP contribution in [0.2, 0.25) is 0 Å². The van der Waals surface area contributed by atoms with Crippen LogP contribution in [-0.4, -0.2) is 15.6 Å². The Morgan fingerprint density at radius 1 is 1.18 bits per heavy atom. The van der Waals surface area contributed by atoms with Crippen LogP contribution in [0.1, 0.15) is 21.6 Å². The summed E-state index contributed by atoms with van der Waals surface area (Å²) in [6.07, 6.45) is 0.866. The van der Waals surface area contributed by atoms with Gasteiger partial charge in [-0.15, -0.1) is 0 Å². The van der Waals surface area contributed by atoms with Gasteiger partial charge < -0.3 is 15.4 Å². The first-order valence-electron chi connectivity index (χ1n) is 7.23. The number of fused-ring (bicyclic) bond motifs is 1. The minimum absolute atomic E-state index is 0.134. The van der Waals surface area contributed by atoms with E-state index in [1.54, 1.807) is 12.1 Å². The lowest BCUT2D eigenvalue weighted by Gasteiger charge is -2.08. The average Bonchev–Trinajstić information content (AvgIpc) is 2.77. The third kappa shape index (κ3) is 2.44. The first-order chi connectivity index (χ1) is 10.6. The molecule has 0 aliphatic rings. The second-order valence-corrected chi connectivity index (χ2v) is 5.41. The number of benzene rings is 2. The van der Waals surface area contributed by atoms with Crippen LogP contribution in [0.4, 0.5) is 0 Å². The summed E-state index contributed by atoms with van der Waals surface area (Å²) in [4.78, 5) is 11.8. The van der Waals surface area contributed by atoms with Crippen molar-refractivity contribution in [3.05, 3.63) is 65.4 Å². The summed E-state index contributed by atoms with van der Waals surface area (Å²) >= 11 is 0. The van der Waals surface area contributed by atoms with Gasteiger partial charge in [0, 0.05) is 23.1 Å². The summed E-state index contributed by atoms with van der Waals surface area (Å²) < 4.78 is 2.09. The first kappa shape index (κ1) is 14.2. The molecule has 0 aliphatic carbocycles. The van der Waals surface area contributed by atoms with E-state index in [2.05, 4.69) is 16.7 Å². The highest BCUT2D eigenvalue weighted by molar-refractivity contribution is 6.08. The zero-order chi connectivity index (χ0) is 15.7. The molecule has 2 aromatic carbocycles. The van der Waals surface area contributed by atoms with Crippen molar-refractivity contribution >= 4 is 16.8 Å². The highest BCUT2D eigenvalue weighted by Gasteiger charge is 2.18. The molecule has 22 heavy (non-hydrogen) atoms. The number of carbonyl (C=O) groups is 1. The molecule has 4 heteroatoms. The largest absolute Gasteiger partial charge is 0.508 e. The molecule has 0 bridgehead atoms. The van der Waals surface area contributed by atoms with E-state index in [-0.39, 0.29) is 5.75 Å². The number of amides is 1. The molecular formula is C18H18N2O2. The molecule has 0 spiro atoms. The van der Waals surface area contributed by atoms with Crippen molar-refractivity contribution in [2.45, 2.75) is 19.9 Å². The normalized spacial score (nSPS) is 11.0.